The van der Waals surface area contributed by atoms with Gasteiger partial charge >= 0.3 is 0 Å². The van der Waals surface area contributed by atoms with E-state index in [0.717, 1.165) is 6.54 Å². The lowest BCUT2D eigenvalue weighted by atomic mass is 9.87. The third-order valence-corrected chi connectivity index (χ3v) is 4.53. The minimum Gasteiger partial charge on any atom is -0.329 e. The van der Waals surface area contributed by atoms with Crippen LogP contribution in [-0.2, 0) is 0 Å². The second-order valence-corrected chi connectivity index (χ2v) is 5.59. The van der Waals surface area contributed by atoms with Crippen molar-refractivity contribution in [3.05, 3.63) is 0 Å². The van der Waals surface area contributed by atoms with E-state index in [1.54, 1.807) is 0 Å². The molecule has 1 aliphatic carbocycles. The van der Waals surface area contributed by atoms with E-state index in [1.807, 2.05) is 0 Å². The Morgan fingerprint density at radius 3 is 2.19 bits per heavy atom. The molecule has 0 aromatic carbocycles. The SMILES string of the molecule is CCCC(C)N(C)C1(CN)CCCCCC1. The van der Waals surface area contributed by atoms with E-state index >= 15 is 0 Å². The number of hydrogen-bond acceptors (Lipinski definition) is 2. The van der Waals surface area contributed by atoms with Gasteiger partial charge in [-0.1, -0.05) is 39.0 Å². The highest BCUT2D eigenvalue weighted by molar-refractivity contribution is 4.93. The van der Waals surface area contributed by atoms with Crippen LogP contribution in [0.15, 0.2) is 0 Å². The quantitative estimate of drug-likeness (QED) is 0.730. The van der Waals surface area contributed by atoms with Gasteiger partial charge in [-0.15, -0.1) is 0 Å². The first-order valence-corrected chi connectivity index (χ1v) is 7.09. The van der Waals surface area contributed by atoms with Gasteiger partial charge in [0.25, 0.3) is 0 Å². The van der Waals surface area contributed by atoms with Crippen molar-refractivity contribution >= 4 is 0 Å². The Hall–Kier alpha value is -0.0800. The van der Waals surface area contributed by atoms with Gasteiger partial charge in [0.1, 0.15) is 0 Å². The second kappa shape index (κ2) is 6.61. The number of nitrogens with two attached hydrogens (primary N) is 1. The molecule has 1 rings (SSSR count). The van der Waals surface area contributed by atoms with Crippen LogP contribution in [0.1, 0.15) is 65.2 Å². The second-order valence-electron chi connectivity index (χ2n) is 5.59. The van der Waals surface area contributed by atoms with Crippen molar-refractivity contribution < 1.29 is 0 Å². The standard InChI is InChI=1S/C14H30N2/c1-4-9-13(2)16(3)14(12-15)10-7-5-6-8-11-14/h13H,4-12,15H2,1-3H3. The molecule has 0 saturated heterocycles. The molecule has 1 unspecified atom stereocenters. The van der Waals surface area contributed by atoms with E-state index in [2.05, 4.69) is 25.8 Å². The maximum Gasteiger partial charge on any atom is 0.0331 e. The molecule has 0 bridgehead atoms. The van der Waals surface area contributed by atoms with Crippen molar-refractivity contribution in [2.24, 2.45) is 5.73 Å². The summed E-state index contributed by atoms with van der Waals surface area (Å²) in [4.78, 5) is 2.59. The van der Waals surface area contributed by atoms with E-state index in [0.29, 0.717) is 11.6 Å². The molecule has 0 amide bonds. The van der Waals surface area contributed by atoms with Crippen LogP contribution in [0.2, 0.25) is 0 Å². The van der Waals surface area contributed by atoms with Gasteiger partial charge in [-0.3, -0.25) is 4.90 Å². The fourth-order valence-electron chi connectivity index (χ4n) is 3.17. The monoisotopic (exact) mass is 226 g/mol. The van der Waals surface area contributed by atoms with Crippen molar-refractivity contribution in [3.63, 3.8) is 0 Å². The molecular formula is C14H30N2. The summed E-state index contributed by atoms with van der Waals surface area (Å²) in [5.74, 6) is 0. The first-order valence-electron chi connectivity index (χ1n) is 7.09. The van der Waals surface area contributed by atoms with E-state index < -0.39 is 0 Å². The molecular weight excluding hydrogens is 196 g/mol. The van der Waals surface area contributed by atoms with Gasteiger partial charge in [-0.25, -0.2) is 0 Å². The molecule has 2 N–H and O–H groups in total. The highest BCUT2D eigenvalue weighted by Crippen LogP contribution is 2.32. The summed E-state index contributed by atoms with van der Waals surface area (Å²) in [6.07, 6.45) is 10.7. The first kappa shape index (κ1) is 14.0. The summed E-state index contributed by atoms with van der Waals surface area (Å²) in [6, 6.07) is 0.673. The molecule has 2 heteroatoms. The third-order valence-electron chi connectivity index (χ3n) is 4.53. The van der Waals surface area contributed by atoms with Crippen molar-refractivity contribution in [2.75, 3.05) is 13.6 Å². The summed E-state index contributed by atoms with van der Waals surface area (Å²) in [5, 5.41) is 0. The highest BCUT2D eigenvalue weighted by Gasteiger charge is 2.35. The first-order chi connectivity index (χ1) is 7.66. The van der Waals surface area contributed by atoms with Gasteiger partial charge < -0.3 is 5.73 Å². The molecule has 1 fully saturated rings. The minimum atomic E-state index is 0.297. The third kappa shape index (κ3) is 3.21. The van der Waals surface area contributed by atoms with Crippen LogP contribution in [0, 0.1) is 0 Å². The van der Waals surface area contributed by atoms with E-state index in [4.69, 9.17) is 5.73 Å². The van der Waals surface area contributed by atoms with Crippen LogP contribution in [0.3, 0.4) is 0 Å². The Morgan fingerprint density at radius 1 is 1.19 bits per heavy atom. The molecule has 0 spiro atoms. The van der Waals surface area contributed by atoms with Crippen molar-refractivity contribution in [2.45, 2.75) is 76.8 Å². The number of nitrogens with zero attached hydrogens (tertiary/aromatic N) is 1. The molecule has 16 heavy (non-hydrogen) atoms. The van der Waals surface area contributed by atoms with Gasteiger partial charge in [-0.05, 0) is 33.2 Å². The molecule has 96 valence electrons. The minimum absolute atomic E-state index is 0.297. The van der Waals surface area contributed by atoms with Crippen LogP contribution in [0.5, 0.6) is 0 Å². The lowest BCUT2D eigenvalue weighted by molar-refractivity contribution is 0.0655. The van der Waals surface area contributed by atoms with Crippen LogP contribution >= 0.6 is 0 Å². The predicted molar refractivity (Wildman–Crippen MR) is 71.6 cm³/mol. The molecule has 1 aliphatic rings. The maximum absolute atomic E-state index is 6.10. The summed E-state index contributed by atoms with van der Waals surface area (Å²) in [6.45, 7) is 5.45. The highest BCUT2D eigenvalue weighted by atomic mass is 15.2. The van der Waals surface area contributed by atoms with Crippen molar-refractivity contribution in [3.8, 4) is 0 Å². The molecule has 0 radical (unpaired) electrons. The summed E-state index contributed by atoms with van der Waals surface area (Å²) >= 11 is 0. The Bertz CT molecular complexity index is 183. The topological polar surface area (TPSA) is 29.3 Å². The van der Waals surface area contributed by atoms with E-state index in [-0.39, 0.29) is 0 Å². The number of rotatable bonds is 5. The smallest absolute Gasteiger partial charge is 0.0331 e. The normalized spacial score (nSPS) is 23.1. The van der Waals surface area contributed by atoms with Gasteiger partial charge in [0, 0.05) is 18.1 Å². The van der Waals surface area contributed by atoms with Gasteiger partial charge in [0.05, 0.1) is 0 Å². The summed E-state index contributed by atoms with van der Waals surface area (Å²) < 4.78 is 0. The average Bonchev–Trinajstić information content (AvgIpc) is 2.54. The van der Waals surface area contributed by atoms with Crippen LogP contribution in [-0.4, -0.2) is 30.1 Å². The van der Waals surface area contributed by atoms with Gasteiger partial charge in [0.2, 0.25) is 0 Å². The van der Waals surface area contributed by atoms with Crippen molar-refractivity contribution in [1.29, 1.82) is 0 Å². The molecule has 0 aromatic heterocycles. The van der Waals surface area contributed by atoms with E-state index in [1.165, 1.54) is 51.4 Å². The fraction of sp³-hybridized carbons (Fsp3) is 1.00. The zero-order chi connectivity index (χ0) is 12.0. The van der Waals surface area contributed by atoms with Gasteiger partial charge in [0.15, 0.2) is 0 Å². The Morgan fingerprint density at radius 2 is 1.75 bits per heavy atom. The Kier molecular flexibility index (Phi) is 5.77. The average molecular weight is 226 g/mol. The largest absolute Gasteiger partial charge is 0.329 e. The molecule has 1 atom stereocenters. The number of hydrogen-bond donors (Lipinski definition) is 1. The number of likely N-dealkylation sites (N-methyl/N-ethyl adjacent to an activating group) is 1. The Labute approximate surface area is 102 Å². The molecule has 0 aromatic rings. The zero-order valence-electron chi connectivity index (χ0n) is 11.5. The van der Waals surface area contributed by atoms with Crippen molar-refractivity contribution in [1.82, 2.24) is 4.90 Å². The van der Waals surface area contributed by atoms with Crippen LogP contribution < -0.4 is 5.73 Å². The lowest BCUT2D eigenvalue weighted by Gasteiger charge is -2.44. The summed E-state index contributed by atoms with van der Waals surface area (Å²) in [5.41, 5.74) is 6.40. The summed E-state index contributed by atoms with van der Waals surface area (Å²) in [7, 11) is 2.29. The van der Waals surface area contributed by atoms with Crippen LogP contribution in [0.4, 0.5) is 0 Å². The van der Waals surface area contributed by atoms with E-state index in [9.17, 15) is 0 Å². The van der Waals surface area contributed by atoms with Gasteiger partial charge in [-0.2, -0.15) is 0 Å². The zero-order valence-corrected chi connectivity index (χ0v) is 11.5. The molecule has 0 heterocycles. The molecule has 2 nitrogen and oxygen atoms in total. The lowest BCUT2D eigenvalue weighted by Crippen LogP contribution is -2.55. The maximum atomic E-state index is 6.10. The fourth-order valence-corrected chi connectivity index (χ4v) is 3.17. The Balaban J connectivity index is 2.68. The molecule has 0 aliphatic heterocycles. The predicted octanol–water partition coefficient (Wildman–Crippen LogP) is 3.16. The molecule has 1 saturated carbocycles. The van der Waals surface area contributed by atoms with Crippen LogP contribution in [0.25, 0.3) is 0 Å².